The van der Waals surface area contributed by atoms with Crippen LogP contribution < -0.4 is 5.32 Å². The summed E-state index contributed by atoms with van der Waals surface area (Å²) in [4.78, 5) is 15.4. The van der Waals surface area contributed by atoms with E-state index >= 15 is 0 Å². The fraction of sp³-hybridized carbons (Fsp3) is 0.214. The molecule has 0 aliphatic heterocycles. The van der Waals surface area contributed by atoms with Crippen molar-refractivity contribution >= 4 is 34.1 Å². The number of nitrogens with one attached hydrogen (secondary N) is 1. The molecule has 0 atom stereocenters. The topological polar surface area (TPSA) is 85.6 Å². The predicted molar refractivity (Wildman–Crippen MR) is 89.9 cm³/mol. The first kappa shape index (κ1) is 15.6. The lowest BCUT2D eigenvalue weighted by atomic mass is 10.2. The number of carbonyl (C=O) groups excluding carboxylic acids is 1. The molecule has 0 aliphatic carbocycles. The molecule has 7 nitrogen and oxygen atoms in total. The third-order valence-electron chi connectivity index (χ3n) is 2.90. The number of thioether (sulfide) groups is 1. The van der Waals surface area contributed by atoms with Crippen molar-refractivity contribution in [1.82, 2.24) is 25.2 Å². The Hall–Kier alpha value is -2.26. The maximum Gasteiger partial charge on any atom is 0.223 e. The molecular formula is C14H14N6OS2. The minimum absolute atomic E-state index is 0.123. The van der Waals surface area contributed by atoms with Crippen molar-refractivity contribution in [3.63, 3.8) is 0 Å². The van der Waals surface area contributed by atoms with E-state index in [9.17, 15) is 4.79 Å². The van der Waals surface area contributed by atoms with Gasteiger partial charge in [0.15, 0.2) is 5.13 Å². The van der Waals surface area contributed by atoms with Crippen LogP contribution in [-0.4, -0.2) is 31.1 Å². The van der Waals surface area contributed by atoms with Gasteiger partial charge in [0.1, 0.15) is 0 Å². The van der Waals surface area contributed by atoms with Crippen LogP contribution in [0.2, 0.25) is 0 Å². The van der Waals surface area contributed by atoms with Gasteiger partial charge in [-0.3, -0.25) is 4.79 Å². The standard InChI is InChI=1S/C14H14N6OS2/c1-9-3-5-12(6-4-9)20-14(17-18-19-20)23-8-11-7-22-13(16-11)15-10(2)21/h3-7H,8H2,1-2H3,(H,15,16,21). The second-order valence-electron chi connectivity index (χ2n) is 4.82. The highest BCUT2D eigenvalue weighted by molar-refractivity contribution is 7.98. The highest BCUT2D eigenvalue weighted by Crippen LogP contribution is 2.24. The van der Waals surface area contributed by atoms with Crippen LogP contribution in [0, 0.1) is 6.92 Å². The third-order valence-corrected chi connectivity index (χ3v) is 4.66. The molecule has 1 aromatic carbocycles. The number of aromatic nitrogens is 5. The normalized spacial score (nSPS) is 10.7. The van der Waals surface area contributed by atoms with Crippen molar-refractivity contribution in [2.75, 3.05) is 5.32 Å². The van der Waals surface area contributed by atoms with Gasteiger partial charge in [0.2, 0.25) is 11.1 Å². The lowest BCUT2D eigenvalue weighted by Gasteiger charge is -2.03. The number of hydrogen-bond donors (Lipinski definition) is 1. The first-order valence-corrected chi connectivity index (χ1v) is 8.68. The Morgan fingerprint density at radius 3 is 2.87 bits per heavy atom. The Balaban J connectivity index is 1.69. The molecule has 118 valence electrons. The van der Waals surface area contributed by atoms with Crippen LogP contribution in [0.1, 0.15) is 18.2 Å². The van der Waals surface area contributed by atoms with Crippen LogP contribution in [0.15, 0.2) is 34.8 Å². The van der Waals surface area contributed by atoms with Crippen molar-refractivity contribution in [3.05, 3.63) is 40.9 Å². The molecule has 2 aromatic heterocycles. The van der Waals surface area contributed by atoms with Crippen molar-refractivity contribution in [2.24, 2.45) is 0 Å². The molecule has 2 heterocycles. The average molecular weight is 346 g/mol. The fourth-order valence-corrected chi connectivity index (χ4v) is 3.48. The molecule has 0 saturated carbocycles. The monoisotopic (exact) mass is 346 g/mol. The Kier molecular flexibility index (Phi) is 4.68. The number of rotatable bonds is 5. The SMILES string of the molecule is CC(=O)Nc1nc(CSc2nnnn2-c2ccc(C)cc2)cs1. The van der Waals surface area contributed by atoms with Crippen molar-refractivity contribution in [1.29, 1.82) is 0 Å². The molecule has 0 spiro atoms. The van der Waals surface area contributed by atoms with Gasteiger partial charge in [0, 0.05) is 18.1 Å². The summed E-state index contributed by atoms with van der Waals surface area (Å²) in [6.45, 7) is 3.50. The number of anilines is 1. The van der Waals surface area contributed by atoms with Crippen molar-refractivity contribution in [3.8, 4) is 5.69 Å². The van der Waals surface area contributed by atoms with Gasteiger partial charge in [-0.15, -0.1) is 16.4 Å². The van der Waals surface area contributed by atoms with E-state index in [1.807, 2.05) is 36.6 Å². The molecule has 0 saturated heterocycles. The zero-order valence-electron chi connectivity index (χ0n) is 12.6. The molecule has 23 heavy (non-hydrogen) atoms. The number of benzene rings is 1. The van der Waals surface area contributed by atoms with E-state index in [-0.39, 0.29) is 5.91 Å². The quantitative estimate of drug-likeness (QED) is 0.715. The molecule has 0 aliphatic rings. The van der Waals surface area contributed by atoms with Crippen LogP contribution in [0.5, 0.6) is 0 Å². The van der Waals surface area contributed by atoms with E-state index in [0.29, 0.717) is 16.0 Å². The molecule has 1 N–H and O–H groups in total. The van der Waals surface area contributed by atoms with Crippen LogP contribution in [-0.2, 0) is 10.5 Å². The van der Waals surface area contributed by atoms with Crippen LogP contribution in [0.25, 0.3) is 5.69 Å². The predicted octanol–water partition coefficient (Wildman–Crippen LogP) is 2.68. The summed E-state index contributed by atoms with van der Waals surface area (Å²) < 4.78 is 1.70. The minimum atomic E-state index is -0.123. The van der Waals surface area contributed by atoms with Gasteiger partial charge < -0.3 is 5.32 Å². The smallest absolute Gasteiger partial charge is 0.223 e. The molecule has 0 radical (unpaired) electrons. The number of hydrogen-bond acceptors (Lipinski definition) is 7. The first-order valence-electron chi connectivity index (χ1n) is 6.82. The van der Waals surface area contributed by atoms with Crippen molar-refractivity contribution in [2.45, 2.75) is 24.8 Å². The van der Waals surface area contributed by atoms with Gasteiger partial charge in [-0.25, -0.2) is 4.98 Å². The van der Waals surface area contributed by atoms with E-state index in [2.05, 4.69) is 25.8 Å². The zero-order valence-corrected chi connectivity index (χ0v) is 14.2. The molecule has 0 fully saturated rings. The summed E-state index contributed by atoms with van der Waals surface area (Å²) in [5.41, 5.74) is 2.98. The van der Waals surface area contributed by atoms with E-state index in [0.717, 1.165) is 11.4 Å². The Morgan fingerprint density at radius 1 is 1.35 bits per heavy atom. The van der Waals surface area contributed by atoms with E-state index in [1.165, 1.54) is 35.6 Å². The molecule has 1 amide bonds. The number of thiazole rings is 1. The van der Waals surface area contributed by atoms with Crippen LogP contribution >= 0.6 is 23.1 Å². The highest BCUT2D eigenvalue weighted by Gasteiger charge is 2.11. The molecule has 9 heteroatoms. The second kappa shape index (κ2) is 6.88. The van der Waals surface area contributed by atoms with E-state index in [1.54, 1.807) is 4.68 Å². The Morgan fingerprint density at radius 2 is 2.13 bits per heavy atom. The lowest BCUT2D eigenvalue weighted by molar-refractivity contribution is -0.114. The van der Waals surface area contributed by atoms with Gasteiger partial charge in [-0.05, 0) is 29.5 Å². The summed E-state index contributed by atoms with van der Waals surface area (Å²) in [5.74, 6) is 0.504. The van der Waals surface area contributed by atoms with Gasteiger partial charge in [0.05, 0.1) is 11.4 Å². The van der Waals surface area contributed by atoms with Gasteiger partial charge >= 0.3 is 0 Å². The van der Waals surface area contributed by atoms with Crippen LogP contribution in [0.4, 0.5) is 5.13 Å². The second-order valence-corrected chi connectivity index (χ2v) is 6.62. The summed E-state index contributed by atoms with van der Waals surface area (Å²) in [6, 6.07) is 8.00. The number of nitrogens with zero attached hydrogens (tertiary/aromatic N) is 5. The maximum atomic E-state index is 11.0. The zero-order chi connectivity index (χ0) is 16.2. The molecular weight excluding hydrogens is 332 g/mol. The number of aryl methyl sites for hydroxylation is 1. The lowest BCUT2D eigenvalue weighted by Crippen LogP contribution is -2.05. The number of amides is 1. The fourth-order valence-electron chi connectivity index (χ4n) is 1.84. The number of carbonyl (C=O) groups is 1. The van der Waals surface area contributed by atoms with Gasteiger partial charge in [-0.1, -0.05) is 29.5 Å². The summed E-state index contributed by atoms with van der Waals surface area (Å²) in [7, 11) is 0. The average Bonchev–Trinajstić information content (AvgIpc) is 3.14. The molecule has 0 bridgehead atoms. The Labute approximate surface area is 141 Å². The number of tetrazole rings is 1. The summed E-state index contributed by atoms with van der Waals surface area (Å²) in [5, 5.41) is 17.7. The molecule has 3 aromatic rings. The van der Waals surface area contributed by atoms with Gasteiger partial charge in [-0.2, -0.15) is 4.68 Å². The summed E-state index contributed by atoms with van der Waals surface area (Å²) in [6.07, 6.45) is 0. The summed E-state index contributed by atoms with van der Waals surface area (Å²) >= 11 is 2.90. The molecule has 3 rings (SSSR count). The highest BCUT2D eigenvalue weighted by atomic mass is 32.2. The maximum absolute atomic E-state index is 11.0. The minimum Gasteiger partial charge on any atom is -0.302 e. The largest absolute Gasteiger partial charge is 0.302 e. The van der Waals surface area contributed by atoms with Crippen molar-refractivity contribution < 1.29 is 4.79 Å². The van der Waals surface area contributed by atoms with E-state index < -0.39 is 0 Å². The molecule has 0 unspecified atom stereocenters. The first-order chi connectivity index (χ1) is 11.1. The van der Waals surface area contributed by atoms with Gasteiger partial charge in [0.25, 0.3) is 0 Å². The third kappa shape index (κ3) is 3.93. The van der Waals surface area contributed by atoms with Crippen LogP contribution in [0.3, 0.4) is 0 Å². The van der Waals surface area contributed by atoms with E-state index in [4.69, 9.17) is 0 Å². The Bertz CT molecular complexity index is 811.